The second-order valence-corrected chi connectivity index (χ2v) is 8.29. The first-order chi connectivity index (χ1) is 15.1. The van der Waals surface area contributed by atoms with Crippen molar-refractivity contribution in [2.24, 2.45) is 0 Å². The molecule has 1 aromatic carbocycles. The van der Waals surface area contributed by atoms with Crippen LogP contribution in [0.4, 0.5) is 5.13 Å². The standard InChI is InChI=1S/C22H26N6O2S/c1-27(2)11-4-12-30-20-10-7-17(14-23-20)19-15-25-22-28(19)26-21(31-22)24-13-16-5-8-18(29-3)9-6-16/h5-10,14-15H,4,11-13H2,1-3H3,(H,24,26). The monoisotopic (exact) mass is 438 g/mol. The fourth-order valence-electron chi connectivity index (χ4n) is 3.06. The Morgan fingerprint density at radius 2 is 1.90 bits per heavy atom. The number of nitrogens with one attached hydrogen (secondary N) is 1. The number of hydrogen-bond acceptors (Lipinski definition) is 8. The molecule has 4 aromatic rings. The topological polar surface area (TPSA) is 76.8 Å². The van der Waals surface area contributed by atoms with E-state index in [1.54, 1.807) is 13.3 Å². The Morgan fingerprint density at radius 1 is 1.06 bits per heavy atom. The minimum Gasteiger partial charge on any atom is -0.497 e. The molecule has 0 atom stereocenters. The molecule has 4 rings (SSSR count). The van der Waals surface area contributed by atoms with Crippen molar-refractivity contribution in [2.75, 3.05) is 39.7 Å². The van der Waals surface area contributed by atoms with E-state index in [4.69, 9.17) is 9.47 Å². The Kier molecular flexibility index (Phi) is 6.63. The smallest absolute Gasteiger partial charge is 0.214 e. The summed E-state index contributed by atoms with van der Waals surface area (Å²) < 4.78 is 12.8. The Labute approximate surface area is 185 Å². The van der Waals surface area contributed by atoms with Crippen LogP contribution in [0.5, 0.6) is 11.6 Å². The van der Waals surface area contributed by atoms with Crippen molar-refractivity contribution in [1.29, 1.82) is 0 Å². The minimum absolute atomic E-state index is 0.628. The van der Waals surface area contributed by atoms with Gasteiger partial charge in [-0.1, -0.05) is 23.5 Å². The summed E-state index contributed by atoms with van der Waals surface area (Å²) in [6.07, 6.45) is 4.58. The van der Waals surface area contributed by atoms with Gasteiger partial charge in [0.1, 0.15) is 5.75 Å². The summed E-state index contributed by atoms with van der Waals surface area (Å²) in [5.74, 6) is 1.48. The third kappa shape index (κ3) is 5.31. The maximum absolute atomic E-state index is 5.72. The summed E-state index contributed by atoms with van der Waals surface area (Å²) in [6, 6.07) is 11.8. The van der Waals surface area contributed by atoms with Crippen molar-refractivity contribution in [1.82, 2.24) is 24.5 Å². The van der Waals surface area contributed by atoms with Gasteiger partial charge in [0.2, 0.25) is 16.0 Å². The molecule has 0 fully saturated rings. The summed E-state index contributed by atoms with van der Waals surface area (Å²) in [5.41, 5.74) is 3.00. The number of aromatic nitrogens is 4. The number of methoxy groups -OCH3 is 1. The Morgan fingerprint density at radius 3 is 2.61 bits per heavy atom. The zero-order valence-electron chi connectivity index (χ0n) is 17.9. The van der Waals surface area contributed by atoms with E-state index in [-0.39, 0.29) is 0 Å². The number of ether oxygens (including phenoxy) is 2. The predicted molar refractivity (Wildman–Crippen MR) is 123 cm³/mol. The van der Waals surface area contributed by atoms with Crippen molar-refractivity contribution in [3.05, 3.63) is 54.4 Å². The lowest BCUT2D eigenvalue weighted by molar-refractivity contribution is 0.273. The average Bonchev–Trinajstić information content (AvgIpc) is 3.36. The van der Waals surface area contributed by atoms with Gasteiger partial charge >= 0.3 is 0 Å². The first kappa shape index (κ1) is 21.1. The minimum atomic E-state index is 0.628. The van der Waals surface area contributed by atoms with E-state index in [1.165, 1.54) is 11.3 Å². The lowest BCUT2D eigenvalue weighted by atomic mass is 10.2. The van der Waals surface area contributed by atoms with Gasteiger partial charge in [0.05, 0.1) is 25.6 Å². The summed E-state index contributed by atoms with van der Waals surface area (Å²) in [5, 5.41) is 8.85. The van der Waals surface area contributed by atoms with Crippen molar-refractivity contribution in [3.63, 3.8) is 0 Å². The number of nitrogens with zero attached hydrogens (tertiary/aromatic N) is 5. The van der Waals surface area contributed by atoms with Crippen LogP contribution in [0.3, 0.4) is 0 Å². The molecule has 0 aliphatic heterocycles. The maximum atomic E-state index is 5.72. The van der Waals surface area contributed by atoms with Crippen LogP contribution >= 0.6 is 11.3 Å². The third-order valence-corrected chi connectivity index (χ3v) is 5.60. The SMILES string of the molecule is COc1ccc(CNc2nn3c(-c4ccc(OCCCN(C)C)nc4)cnc3s2)cc1. The van der Waals surface area contributed by atoms with Crippen LogP contribution in [0, 0.1) is 0 Å². The Balaban J connectivity index is 1.40. The fraction of sp³-hybridized carbons (Fsp3) is 0.318. The van der Waals surface area contributed by atoms with Gasteiger partial charge in [0.25, 0.3) is 0 Å². The summed E-state index contributed by atoms with van der Waals surface area (Å²) in [6.45, 7) is 2.32. The number of rotatable bonds is 10. The first-order valence-electron chi connectivity index (χ1n) is 10.1. The Hall–Kier alpha value is -3.17. The van der Waals surface area contributed by atoms with Crippen LogP contribution in [-0.4, -0.2) is 58.8 Å². The molecule has 0 amide bonds. The van der Waals surface area contributed by atoms with E-state index < -0.39 is 0 Å². The molecule has 0 unspecified atom stereocenters. The third-order valence-electron chi connectivity index (χ3n) is 4.72. The molecule has 0 aliphatic rings. The number of anilines is 1. The molecule has 8 nitrogen and oxygen atoms in total. The van der Waals surface area contributed by atoms with Gasteiger partial charge in [-0.15, -0.1) is 5.10 Å². The molecule has 0 saturated carbocycles. The second kappa shape index (κ2) is 9.76. The molecule has 0 bridgehead atoms. The number of pyridine rings is 1. The zero-order valence-corrected chi connectivity index (χ0v) is 18.7. The Bertz CT molecular complexity index is 1110. The van der Waals surface area contributed by atoms with E-state index in [2.05, 4.69) is 39.4 Å². The van der Waals surface area contributed by atoms with Crippen molar-refractivity contribution >= 4 is 21.4 Å². The number of hydrogen-bond donors (Lipinski definition) is 1. The highest BCUT2D eigenvalue weighted by Crippen LogP contribution is 2.26. The van der Waals surface area contributed by atoms with Crippen molar-refractivity contribution < 1.29 is 9.47 Å². The lowest BCUT2D eigenvalue weighted by Crippen LogP contribution is -2.15. The largest absolute Gasteiger partial charge is 0.497 e. The highest BCUT2D eigenvalue weighted by Gasteiger charge is 2.12. The van der Waals surface area contributed by atoms with Crippen LogP contribution in [-0.2, 0) is 6.54 Å². The zero-order chi connectivity index (χ0) is 21.6. The molecule has 1 N–H and O–H groups in total. The van der Waals surface area contributed by atoms with E-state index in [9.17, 15) is 0 Å². The van der Waals surface area contributed by atoms with Gasteiger partial charge in [-0.3, -0.25) is 0 Å². The maximum Gasteiger partial charge on any atom is 0.214 e. The van der Waals surface area contributed by atoms with E-state index >= 15 is 0 Å². The highest BCUT2D eigenvalue weighted by atomic mass is 32.1. The van der Waals surface area contributed by atoms with E-state index in [1.807, 2.05) is 47.1 Å². The molecule has 0 radical (unpaired) electrons. The number of fused-ring (bicyclic) bond motifs is 1. The molecule has 3 heterocycles. The summed E-state index contributed by atoms with van der Waals surface area (Å²) in [7, 11) is 5.77. The number of benzene rings is 1. The quantitative estimate of drug-likeness (QED) is 0.377. The van der Waals surface area contributed by atoms with Crippen LogP contribution in [0.2, 0.25) is 0 Å². The van der Waals surface area contributed by atoms with E-state index in [0.717, 1.165) is 45.6 Å². The summed E-state index contributed by atoms with van der Waals surface area (Å²) in [4.78, 5) is 11.9. The molecule has 31 heavy (non-hydrogen) atoms. The average molecular weight is 439 g/mol. The van der Waals surface area contributed by atoms with Gasteiger partial charge in [-0.05, 0) is 44.3 Å². The van der Waals surface area contributed by atoms with Gasteiger partial charge < -0.3 is 19.7 Å². The summed E-state index contributed by atoms with van der Waals surface area (Å²) >= 11 is 1.51. The van der Waals surface area contributed by atoms with Crippen LogP contribution in [0.1, 0.15) is 12.0 Å². The molecule has 0 spiro atoms. The number of imidazole rings is 1. The fourth-order valence-corrected chi connectivity index (χ4v) is 3.83. The van der Waals surface area contributed by atoms with Gasteiger partial charge in [-0.25, -0.2) is 14.5 Å². The lowest BCUT2D eigenvalue weighted by Gasteiger charge is -2.10. The molecule has 0 saturated heterocycles. The van der Waals surface area contributed by atoms with Crippen molar-refractivity contribution in [3.8, 4) is 22.9 Å². The first-order valence-corrected chi connectivity index (χ1v) is 10.9. The molecule has 162 valence electrons. The van der Waals surface area contributed by atoms with Crippen LogP contribution in [0.15, 0.2) is 48.8 Å². The van der Waals surface area contributed by atoms with Gasteiger partial charge in [0.15, 0.2) is 0 Å². The molecule has 3 aromatic heterocycles. The van der Waals surface area contributed by atoms with Crippen LogP contribution in [0.25, 0.3) is 16.2 Å². The molecule has 9 heteroatoms. The van der Waals surface area contributed by atoms with Gasteiger partial charge in [0, 0.05) is 30.9 Å². The van der Waals surface area contributed by atoms with E-state index in [0.29, 0.717) is 19.0 Å². The molecular weight excluding hydrogens is 412 g/mol. The normalized spacial score (nSPS) is 11.2. The van der Waals surface area contributed by atoms with Crippen molar-refractivity contribution in [2.45, 2.75) is 13.0 Å². The highest BCUT2D eigenvalue weighted by molar-refractivity contribution is 7.20. The molecular formula is C22H26N6O2S. The predicted octanol–water partition coefficient (Wildman–Crippen LogP) is 3.80. The second-order valence-electron chi connectivity index (χ2n) is 7.34. The van der Waals surface area contributed by atoms with Crippen LogP contribution < -0.4 is 14.8 Å². The van der Waals surface area contributed by atoms with Gasteiger partial charge in [-0.2, -0.15) is 0 Å². The molecule has 0 aliphatic carbocycles.